The molecule has 1 aliphatic heterocycles. The lowest BCUT2D eigenvalue weighted by atomic mass is 10.2. The van der Waals surface area contributed by atoms with Crippen LogP contribution in [0.5, 0.6) is 11.9 Å². The maximum Gasteiger partial charge on any atom is 0.321 e. The summed E-state index contributed by atoms with van der Waals surface area (Å²) in [5.74, 6) is 1.06. The van der Waals surface area contributed by atoms with E-state index in [-0.39, 0.29) is 6.01 Å². The van der Waals surface area contributed by atoms with Crippen LogP contribution in [0.15, 0.2) is 29.2 Å². The largest absolute Gasteiger partial charge is 0.481 e. The molecule has 27 heavy (non-hydrogen) atoms. The smallest absolute Gasteiger partial charge is 0.321 e. The van der Waals surface area contributed by atoms with Gasteiger partial charge in [0, 0.05) is 32.2 Å². The molecule has 0 radical (unpaired) electrons. The van der Waals surface area contributed by atoms with Gasteiger partial charge in [-0.2, -0.15) is 14.3 Å². The second-order valence-electron chi connectivity index (χ2n) is 6.42. The van der Waals surface area contributed by atoms with Gasteiger partial charge in [0.25, 0.3) is 0 Å². The highest BCUT2D eigenvalue weighted by molar-refractivity contribution is 7.89. The number of hydrogen-bond donors (Lipinski definition) is 0. The lowest BCUT2D eigenvalue weighted by Crippen LogP contribution is -2.49. The van der Waals surface area contributed by atoms with Crippen molar-refractivity contribution in [3.05, 3.63) is 35.4 Å². The van der Waals surface area contributed by atoms with E-state index in [4.69, 9.17) is 9.47 Å². The van der Waals surface area contributed by atoms with E-state index >= 15 is 0 Å². The van der Waals surface area contributed by atoms with Crippen LogP contribution in [0, 0.1) is 13.8 Å². The van der Waals surface area contributed by atoms with Crippen molar-refractivity contribution in [2.75, 3.05) is 45.3 Å². The van der Waals surface area contributed by atoms with Crippen LogP contribution in [-0.4, -0.2) is 63.1 Å². The number of rotatable bonds is 5. The molecule has 1 aliphatic rings. The summed E-state index contributed by atoms with van der Waals surface area (Å²) in [7, 11) is -0.501. The van der Waals surface area contributed by atoms with Gasteiger partial charge in [-0.25, -0.2) is 8.42 Å². The molecule has 0 aliphatic carbocycles. The first kappa shape index (κ1) is 19.4. The molecule has 0 N–H and O–H groups in total. The number of aryl methyl sites for hydroxylation is 2. The number of methoxy groups -OCH3 is 2. The molecule has 2 heterocycles. The molecule has 8 nitrogen and oxygen atoms in total. The van der Waals surface area contributed by atoms with Crippen LogP contribution in [0.2, 0.25) is 0 Å². The molecule has 1 aromatic carbocycles. The van der Waals surface area contributed by atoms with Crippen molar-refractivity contribution in [2.24, 2.45) is 0 Å². The van der Waals surface area contributed by atoms with E-state index in [1.807, 2.05) is 30.9 Å². The summed E-state index contributed by atoms with van der Waals surface area (Å²) in [5, 5.41) is 0. The monoisotopic (exact) mass is 392 g/mol. The molecular formula is C18H24N4O4S. The average molecular weight is 392 g/mol. The Morgan fingerprint density at radius 3 is 2.30 bits per heavy atom. The highest BCUT2D eigenvalue weighted by atomic mass is 32.2. The van der Waals surface area contributed by atoms with E-state index < -0.39 is 10.0 Å². The lowest BCUT2D eigenvalue weighted by Gasteiger charge is -2.35. The first-order chi connectivity index (χ1) is 12.8. The number of aromatic nitrogens is 2. The Bertz CT molecular complexity index is 903. The summed E-state index contributed by atoms with van der Waals surface area (Å²) < 4.78 is 37.9. The molecule has 0 spiro atoms. The molecule has 9 heteroatoms. The lowest BCUT2D eigenvalue weighted by molar-refractivity contribution is 0.349. The van der Waals surface area contributed by atoms with E-state index in [1.165, 1.54) is 18.5 Å². The molecule has 0 bridgehead atoms. The molecule has 2 aromatic rings. The van der Waals surface area contributed by atoms with Crippen LogP contribution in [0.4, 0.5) is 5.82 Å². The van der Waals surface area contributed by atoms with Gasteiger partial charge in [-0.1, -0.05) is 12.1 Å². The Morgan fingerprint density at radius 2 is 1.67 bits per heavy atom. The fourth-order valence-corrected chi connectivity index (χ4v) is 4.76. The van der Waals surface area contributed by atoms with Crippen molar-refractivity contribution in [2.45, 2.75) is 18.7 Å². The van der Waals surface area contributed by atoms with E-state index in [0.717, 1.165) is 11.1 Å². The third-order valence-corrected chi connectivity index (χ3v) is 6.63. The van der Waals surface area contributed by atoms with E-state index in [0.29, 0.717) is 42.8 Å². The third kappa shape index (κ3) is 3.98. The third-order valence-electron chi connectivity index (χ3n) is 4.58. The van der Waals surface area contributed by atoms with Crippen molar-refractivity contribution >= 4 is 15.8 Å². The predicted molar refractivity (Wildman–Crippen MR) is 102 cm³/mol. The highest BCUT2D eigenvalue weighted by Gasteiger charge is 2.30. The van der Waals surface area contributed by atoms with Crippen molar-refractivity contribution in [3.8, 4) is 11.9 Å². The van der Waals surface area contributed by atoms with Crippen LogP contribution >= 0.6 is 0 Å². The number of anilines is 1. The normalized spacial score (nSPS) is 15.6. The van der Waals surface area contributed by atoms with Crippen molar-refractivity contribution in [1.82, 2.24) is 14.3 Å². The van der Waals surface area contributed by atoms with E-state index in [1.54, 1.807) is 12.1 Å². The van der Waals surface area contributed by atoms with Crippen LogP contribution in [0.3, 0.4) is 0 Å². The molecule has 1 saturated heterocycles. The fourth-order valence-electron chi connectivity index (χ4n) is 3.03. The molecular weight excluding hydrogens is 368 g/mol. The SMILES string of the molecule is COc1cc(N2CCN(S(=O)(=O)c3cc(C)ccc3C)CC2)nc(OC)n1. The molecule has 146 valence electrons. The molecule has 3 rings (SSSR count). The van der Waals surface area contributed by atoms with Gasteiger partial charge >= 0.3 is 6.01 Å². The number of ether oxygens (including phenoxy) is 2. The molecule has 0 atom stereocenters. The van der Waals surface area contributed by atoms with Gasteiger partial charge in [0.05, 0.1) is 19.1 Å². The quantitative estimate of drug-likeness (QED) is 0.764. The summed E-state index contributed by atoms with van der Waals surface area (Å²) in [4.78, 5) is 10.8. The van der Waals surface area contributed by atoms with Gasteiger partial charge in [-0.05, 0) is 31.0 Å². The number of hydrogen-bond acceptors (Lipinski definition) is 7. The predicted octanol–water partition coefficient (Wildman–Crippen LogP) is 1.62. The summed E-state index contributed by atoms with van der Waals surface area (Å²) in [6.07, 6.45) is 0. The molecule has 0 unspecified atom stereocenters. The van der Waals surface area contributed by atoms with Gasteiger partial charge in [0.1, 0.15) is 5.82 Å². The molecule has 0 amide bonds. The zero-order valence-electron chi connectivity index (χ0n) is 16.0. The topological polar surface area (TPSA) is 84.9 Å². The van der Waals surface area contributed by atoms with Gasteiger partial charge in [-0.3, -0.25) is 0 Å². The maximum absolute atomic E-state index is 13.0. The number of benzene rings is 1. The second-order valence-corrected chi connectivity index (χ2v) is 8.32. The van der Waals surface area contributed by atoms with Crippen molar-refractivity contribution in [1.29, 1.82) is 0 Å². The number of sulfonamides is 1. The molecule has 0 saturated carbocycles. The number of nitrogens with zero attached hydrogens (tertiary/aromatic N) is 4. The Hall–Kier alpha value is -2.39. The molecule has 1 fully saturated rings. The summed E-state index contributed by atoms with van der Waals surface area (Å²) in [6.45, 7) is 5.52. The van der Waals surface area contributed by atoms with Gasteiger partial charge in [-0.15, -0.1) is 0 Å². The van der Waals surface area contributed by atoms with Crippen LogP contribution in [-0.2, 0) is 10.0 Å². The Balaban J connectivity index is 1.78. The fraction of sp³-hybridized carbons (Fsp3) is 0.444. The van der Waals surface area contributed by atoms with Crippen LogP contribution in [0.1, 0.15) is 11.1 Å². The van der Waals surface area contributed by atoms with Crippen molar-refractivity contribution < 1.29 is 17.9 Å². The Kier molecular flexibility index (Phi) is 5.52. The molecule has 1 aromatic heterocycles. The Morgan fingerprint density at radius 1 is 0.963 bits per heavy atom. The van der Waals surface area contributed by atoms with Crippen LogP contribution < -0.4 is 14.4 Å². The minimum atomic E-state index is -3.52. The minimum absolute atomic E-state index is 0.217. The average Bonchev–Trinajstić information content (AvgIpc) is 2.69. The van der Waals surface area contributed by atoms with E-state index in [2.05, 4.69) is 9.97 Å². The first-order valence-electron chi connectivity index (χ1n) is 8.64. The van der Waals surface area contributed by atoms with Gasteiger partial charge < -0.3 is 14.4 Å². The highest BCUT2D eigenvalue weighted by Crippen LogP contribution is 2.25. The first-order valence-corrected chi connectivity index (χ1v) is 10.1. The van der Waals surface area contributed by atoms with E-state index in [9.17, 15) is 8.42 Å². The summed E-state index contributed by atoms with van der Waals surface area (Å²) in [5.41, 5.74) is 1.69. The summed E-state index contributed by atoms with van der Waals surface area (Å²) >= 11 is 0. The summed E-state index contributed by atoms with van der Waals surface area (Å²) in [6, 6.07) is 7.43. The maximum atomic E-state index is 13.0. The Labute approximate surface area is 159 Å². The van der Waals surface area contributed by atoms with Crippen LogP contribution in [0.25, 0.3) is 0 Å². The van der Waals surface area contributed by atoms with Gasteiger partial charge in [0.15, 0.2) is 0 Å². The minimum Gasteiger partial charge on any atom is -0.481 e. The standard InChI is InChI=1S/C18H24N4O4S/c1-13-5-6-14(2)15(11-13)27(23,24)22-9-7-21(8-10-22)16-12-17(25-3)20-18(19-16)26-4/h5-6,11-12H,7-10H2,1-4H3. The zero-order chi connectivity index (χ0) is 19.6. The van der Waals surface area contributed by atoms with Crippen molar-refractivity contribution in [3.63, 3.8) is 0 Å². The number of piperazine rings is 1. The second kappa shape index (κ2) is 7.69. The zero-order valence-corrected chi connectivity index (χ0v) is 16.8. The van der Waals surface area contributed by atoms with Gasteiger partial charge in [0.2, 0.25) is 15.9 Å².